The van der Waals surface area contributed by atoms with Crippen LogP contribution in [-0.4, -0.2) is 51.1 Å². The SMILES string of the molecule is CN(C)CCN1CCN(C(=O)c2ccccc2)c2ccccc21. The largest absolute Gasteiger partial charge is 0.367 e. The number of amides is 1. The monoisotopic (exact) mass is 309 g/mol. The summed E-state index contributed by atoms with van der Waals surface area (Å²) in [5.74, 6) is 0.0744. The summed E-state index contributed by atoms with van der Waals surface area (Å²) in [4.78, 5) is 19.3. The van der Waals surface area contributed by atoms with Gasteiger partial charge in [-0.25, -0.2) is 0 Å². The van der Waals surface area contributed by atoms with E-state index in [9.17, 15) is 4.79 Å². The van der Waals surface area contributed by atoms with E-state index in [0.29, 0.717) is 0 Å². The van der Waals surface area contributed by atoms with Crippen molar-refractivity contribution in [1.29, 1.82) is 0 Å². The van der Waals surface area contributed by atoms with Gasteiger partial charge < -0.3 is 14.7 Å². The predicted molar refractivity (Wildman–Crippen MR) is 95.3 cm³/mol. The summed E-state index contributed by atoms with van der Waals surface area (Å²) in [6.45, 7) is 3.56. The summed E-state index contributed by atoms with van der Waals surface area (Å²) in [6.07, 6.45) is 0. The lowest BCUT2D eigenvalue weighted by Crippen LogP contribution is -2.45. The zero-order chi connectivity index (χ0) is 16.2. The molecule has 0 atom stereocenters. The lowest BCUT2D eigenvalue weighted by molar-refractivity contribution is 0.0986. The quantitative estimate of drug-likeness (QED) is 0.869. The molecule has 1 aliphatic heterocycles. The number of nitrogens with zero attached hydrogens (tertiary/aromatic N) is 3. The third kappa shape index (κ3) is 3.37. The molecule has 1 aliphatic rings. The summed E-state index contributed by atoms with van der Waals surface area (Å²) >= 11 is 0. The molecule has 0 unspecified atom stereocenters. The molecule has 0 radical (unpaired) electrons. The van der Waals surface area contributed by atoms with Gasteiger partial charge in [-0.1, -0.05) is 30.3 Å². The Morgan fingerprint density at radius 3 is 2.30 bits per heavy atom. The standard InChI is InChI=1S/C19H23N3O/c1-20(2)12-13-21-14-15-22(18-11-7-6-10-17(18)21)19(23)16-8-4-3-5-9-16/h3-11H,12-15H2,1-2H3. The Labute approximate surface area is 137 Å². The molecule has 0 saturated heterocycles. The van der Waals surface area contributed by atoms with Crippen LogP contribution in [0, 0.1) is 0 Å². The van der Waals surface area contributed by atoms with Crippen LogP contribution < -0.4 is 9.80 Å². The third-order valence-corrected chi connectivity index (χ3v) is 4.19. The second-order valence-corrected chi connectivity index (χ2v) is 6.10. The predicted octanol–water partition coefficient (Wildman–Crippen LogP) is 2.72. The average molecular weight is 309 g/mol. The molecule has 2 aromatic carbocycles. The first-order valence-electron chi connectivity index (χ1n) is 8.02. The number of anilines is 2. The smallest absolute Gasteiger partial charge is 0.258 e. The van der Waals surface area contributed by atoms with E-state index < -0.39 is 0 Å². The maximum atomic E-state index is 12.8. The van der Waals surface area contributed by atoms with Gasteiger partial charge in [-0.05, 0) is 38.4 Å². The Hall–Kier alpha value is -2.33. The summed E-state index contributed by atoms with van der Waals surface area (Å²) in [6, 6.07) is 17.7. The number of likely N-dealkylation sites (N-methyl/N-ethyl adjacent to an activating group) is 1. The summed E-state index contributed by atoms with van der Waals surface area (Å²) in [5.41, 5.74) is 2.89. The van der Waals surface area contributed by atoms with Crippen LogP contribution in [0.1, 0.15) is 10.4 Å². The highest BCUT2D eigenvalue weighted by atomic mass is 16.2. The van der Waals surface area contributed by atoms with Gasteiger partial charge in [0.05, 0.1) is 11.4 Å². The van der Waals surface area contributed by atoms with Crippen molar-refractivity contribution in [3.05, 3.63) is 60.2 Å². The van der Waals surface area contributed by atoms with Crippen LogP contribution in [0.15, 0.2) is 54.6 Å². The van der Waals surface area contributed by atoms with Crippen molar-refractivity contribution < 1.29 is 4.79 Å². The van der Waals surface area contributed by atoms with Crippen LogP contribution in [0.5, 0.6) is 0 Å². The molecule has 0 spiro atoms. The minimum atomic E-state index is 0.0744. The molecule has 0 aromatic heterocycles. The zero-order valence-electron chi connectivity index (χ0n) is 13.8. The fourth-order valence-electron chi connectivity index (χ4n) is 2.92. The molecule has 23 heavy (non-hydrogen) atoms. The summed E-state index contributed by atoms with van der Waals surface area (Å²) < 4.78 is 0. The molecule has 4 heteroatoms. The van der Waals surface area contributed by atoms with E-state index in [2.05, 4.69) is 30.0 Å². The maximum absolute atomic E-state index is 12.8. The molecule has 0 N–H and O–H groups in total. The van der Waals surface area contributed by atoms with E-state index >= 15 is 0 Å². The van der Waals surface area contributed by atoms with Crippen molar-refractivity contribution in [2.24, 2.45) is 0 Å². The normalized spacial score (nSPS) is 14.0. The molecule has 120 valence electrons. The van der Waals surface area contributed by atoms with Crippen LogP contribution in [0.25, 0.3) is 0 Å². The highest BCUT2D eigenvalue weighted by Gasteiger charge is 2.26. The van der Waals surface area contributed by atoms with Crippen LogP contribution in [0.2, 0.25) is 0 Å². The Bertz CT molecular complexity index is 669. The fraction of sp³-hybridized carbons (Fsp3) is 0.316. The van der Waals surface area contributed by atoms with Gasteiger partial charge in [0.25, 0.3) is 5.91 Å². The number of carbonyl (C=O) groups is 1. The van der Waals surface area contributed by atoms with Crippen molar-refractivity contribution in [3.63, 3.8) is 0 Å². The molecular weight excluding hydrogens is 286 g/mol. The molecule has 4 nitrogen and oxygen atoms in total. The Morgan fingerprint density at radius 2 is 1.61 bits per heavy atom. The van der Waals surface area contributed by atoms with Gasteiger partial charge in [-0.3, -0.25) is 4.79 Å². The molecule has 0 saturated carbocycles. The Kier molecular flexibility index (Phi) is 4.63. The molecule has 0 bridgehead atoms. The number of rotatable bonds is 4. The second-order valence-electron chi connectivity index (χ2n) is 6.10. The van der Waals surface area contributed by atoms with E-state index in [-0.39, 0.29) is 5.91 Å². The van der Waals surface area contributed by atoms with Crippen molar-refractivity contribution in [1.82, 2.24) is 4.90 Å². The summed E-state index contributed by atoms with van der Waals surface area (Å²) in [7, 11) is 4.17. The molecule has 0 aliphatic carbocycles. The minimum Gasteiger partial charge on any atom is -0.367 e. The van der Waals surface area contributed by atoms with E-state index in [1.807, 2.05) is 53.4 Å². The van der Waals surface area contributed by atoms with Gasteiger partial charge in [0.2, 0.25) is 0 Å². The van der Waals surface area contributed by atoms with Gasteiger partial charge in [0, 0.05) is 31.7 Å². The van der Waals surface area contributed by atoms with Crippen LogP contribution in [-0.2, 0) is 0 Å². The lowest BCUT2D eigenvalue weighted by Gasteiger charge is -2.38. The first kappa shape index (κ1) is 15.6. The molecule has 3 rings (SSSR count). The lowest BCUT2D eigenvalue weighted by atomic mass is 10.1. The van der Waals surface area contributed by atoms with E-state index in [0.717, 1.165) is 43.1 Å². The number of hydrogen-bond donors (Lipinski definition) is 0. The number of benzene rings is 2. The van der Waals surface area contributed by atoms with Gasteiger partial charge in [-0.15, -0.1) is 0 Å². The topological polar surface area (TPSA) is 26.8 Å². The van der Waals surface area contributed by atoms with Crippen LogP contribution >= 0.6 is 0 Å². The minimum absolute atomic E-state index is 0.0744. The first-order chi connectivity index (χ1) is 11.2. The molecule has 1 amide bonds. The van der Waals surface area contributed by atoms with E-state index in [4.69, 9.17) is 0 Å². The van der Waals surface area contributed by atoms with E-state index in [1.165, 1.54) is 0 Å². The second kappa shape index (κ2) is 6.84. The first-order valence-corrected chi connectivity index (χ1v) is 8.02. The Balaban J connectivity index is 1.87. The van der Waals surface area contributed by atoms with Crippen LogP contribution in [0.3, 0.4) is 0 Å². The van der Waals surface area contributed by atoms with Gasteiger partial charge in [0.1, 0.15) is 0 Å². The van der Waals surface area contributed by atoms with Crippen molar-refractivity contribution >= 4 is 17.3 Å². The maximum Gasteiger partial charge on any atom is 0.258 e. The van der Waals surface area contributed by atoms with E-state index in [1.54, 1.807) is 0 Å². The van der Waals surface area contributed by atoms with Crippen LogP contribution in [0.4, 0.5) is 11.4 Å². The molecule has 1 heterocycles. The molecular formula is C19H23N3O. The molecule has 2 aromatic rings. The third-order valence-electron chi connectivity index (χ3n) is 4.19. The average Bonchev–Trinajstić information content (AvgIpc) is 2.59. The molecule has 0 fully saturated rings. The van der Waals surface area contributed by atoms with Crippen molar-refractivity contribution in [2.75, 3.05) is 50.1 Å². The fourth-order valence-corrected chi connectivity index (χ4v) is 2.92. The highest BCUT2D eigenvalue weighted by Crippen LogP contribution is 2.33. The number of para-hydroxylation sites is 2. The number of fused-ring (bicyclic) bond motifs is 1. The summed E-state index contributed by atoms with van der Waals surface area (Å²) in [5, 5.41) is 0. The van der Waals surface area contributed by atoms with Gasteiger partial charge >= 0.3 is 0 Å². The van der Waals surface area contributed by atoms with Crippen molar-refractivity contribution in [3.8, 4) is 0 Å². The highest BCUT2D eigenvalue weighted by molar-refractivity contribution is 6.08. The van der Waals surface area contributed by atoms with Crippen molar-refractivity contribution in [2.45, 2.75) is 0 Å². The Morgan fingerprint density at radius 1 is 0.957 bits per heavy atom. The van der Waals surface area contributed by atoms with Gasteiger partial charge in [0.15, 0.2) is 0 Å². The number of carbonyl (C=O) groups excluding carboxylic acids is 1. The number of hydrogen-bond acceptors (Lipinski definition) is 3. The zero-order valence-corrected chi connectivity index (χ0v) is 13.8. The van der Waals surface area contributed by atoms with Gasteiger partial charge in [-0.2, -0.15) is 0 Å².